The van der Waals surface area contributed by atoms with Crippen LogP contribution < -0.4 is 15.5 Å². The summed E-state index contributed by atoms with van der Waals surface area (Å²) in [5, 5.41) is 5.19. The lowest BCUT2D eigenvalue weighted by molar-refractivity contribution is 0.270. The maximum Gasteiger partial charge on any atom is 0.322 e. The lowest BCUT2D eigenvalue weighted by atomic mass is 10.2. The Kier molecular flexibility index (Phi) is 4.52. The van der Waals surface area contributed by atoms with Gasteiger partial charge in [0, 0.05) is 19.6 Å². The van der Waals surface area contributed by atoms with Gasteiger partial charge >= 0.3 is 6.01 Å². The fraction of sp³-hybridized carbons (Fsp3) is 0.727. The Labute approximate surface area is 107 Å². The van der Waals surface area contributed by atoms with Crippen molar-refractivity contribution in [3.63, 3.8) is 0 Å². The number of nitrogens with one attached hydrogen (secondary N) is 2. The second kappa shape index (κ2) is 6.34. The average Bonchev–Trinajstić information content (AvgIpc) is 2.40. The van der Waals surface area contributed by atoms with E-state index in [1.165, 1.54) is 19.3 Å². The predicted molar refractivity (Wildman–Crippen MR) is 69.6 cm³/mol. The summed E-state index contributed by atoms with van der Waals surface area (Å²) >= 11 is 0. The number of ether oxygens (including phenoxy) is 1. The van der Waals surface area contributed by atoms with Gasteiger partial charge in [-0.05, 0) is 19.8 Å². The van der Waals surface area contributed by atoms with Gasteiger partial charge in [-0.1, -0.05) is 6.42 Å². The molecule has 2 rings (SSSR count). The Hall–Kier alpha value is -1.63. The largest absolute Gasteiger partial charge is 0.467 e. The first kappa shape index (κ1) is 12.8. The molecular formula is C11H20N6O. The molecule has 7 nitrogen and oxygen atoms in total. The maximum atomic E-state index is 5.07. The van der Waals surface area contributed by atoms with Gasteiger partial charge in [0.05, 0.1) is 7.11 Å². The second-order valence-electron chi connectivity index (χ2n) is 4.16. The zero-order chi connectivity index (χ0) is 12.8. The molecule has 0 bridgehead atoms. The maximum absolute atomic E-state index is 5.07. The first-order valence-electron chi connectivity index (χ1n) is 6.37. The zero-order valence-electron chi connectivity index (χ0n) is 10.9. The highest BCUT2D eigenvalue weighted by Crippen LogP contribution is 2.13. The predicted octanol–water partition coefficient (Wildman–Crippen LogP) is 1.12. The molecule has 0 amide bonds. The highest BCUT2D eigenvalue weighted by atomic mass is 16.5. The third-order valence-electron chi connectivity index (χ3n) is 2.75. The number of hydrogen-bond donors (Lipinski definition) is 2. The van der Waals surface area contributed by atoms with Crippen LogP contribution in [-0.2, 0) is 0 Å². The summed E-state index contributed by atoms with van der Waals surface area (Å²) in [6.07, 6.45) is 3.70. The van der Waals surface area contributed by atoms with Gasteiger partial charge in [-0.2, -0.15) is 15.0 Å². The zero-order valence-corrected chi connectivity index (χ0v) is 10.9. The summed E-state index contributed by atoms with van der Waals surface area (Å²) in [5.74, 6) is 1.06. The third kappa shape index (κ3) is 3.43. The fourth-order valence-electron chi connectivity index (χ4n) is 1.88. The van der Waals surface area contributed by atoms with Crippen LogP contribution in [0.4, 0.5) is 11.9 Å². The van der Waals surface area contributed by atoms with Gasteiger partial charge in [-0.25, -0.2) is 5.01 Å². The van der Waals surface area contributed by atoms with E-state index in [2.05, 4.69) is 30.7 Å². The van der Waals surface area contributed by atoms with Crippen LogP contribution in [0.3, 0.4) is 0 Å². The second-order valence-corrected chi connectivity index (χ2v) is 4.16. The number of rotatable bonds is 5. The molecule has 7 heteroatoms. The molecule has 1 fully saturated rings. The molecule has 1 aromatic heterocycles. The van der Waals surface area contributed by atoms with E-state index < -0.39 is 0 Å². The fourth-order valence-corrected chi connectivity index (χ4v) is 1.88. The molecule has 1 aromatic rings. The van der Waals surface area contributed by atoms with E-state index in [4.69, 9.17) is 4.74 Å². The number of methoxy groups -OCH3 is 1. The van der Waals surface area contributed by atoms with Crippen molar-refractivity contribution >= 4 is 11.9 Å². The quantitative estimate of drug-likeness (QED) is 0.813. The number of hydrazine groups is 1. The van der Waals surface area contributed by atoms with E-state index in [1.54, 1.807) is 7.11 Å². The number of anilines is 2. The molecule has 0 radical (unpaired) electrons. The highest BCUT2D eigenvalue weighted by Gasteiger charge is 2.13. The van der Waals surface area contributed by atoms with Crippen molar-refractivity contribution in [1.29, 1.82) is 0 Å². The van der Waals surface area contributed by atoms with Crippen LogP contribution in [0, 0.1) is 0 Å². The van der Waals surface area contributed by atoms with E-state index in [0.29, 0.717) is 17.9 Å². The van der Waals surface area contributed by atoms with Gasteiger partial charge in [0.15, 0.2) is 0 Å². The van der Waals surface area contributed by atoms with Gasteiger partial charge in [0.1, 0.15) is 0 Å². The molecule has 1 aliphatic heterocycles. The Morgan fingerprint density at radius 1 is 1.11 bits per heavy atom. The molecule has 1 aliphatic rings. The van der Waals surface area contributed by atoms with E-state index in [0.717, 1.165) is 19.6 Å². The summed E-state index contributed by atoms with van der Waals surface area (Å²) in [7, 11) is 1.55. The molecule has 2 heterocycles. The molecule has 0 aliphatic carbocycles. The van der Waals surface area contributed by atoms with E-state index >= 15 is 0 Å². The molecule has 18 heavy (non-hydrogen) atoms. The molecule has 2 N–H and O–H groups in total. The van der Waals surface area contributed by atoms with Crippen LogP contribution in [0.5, 0.6) is 6.01 Å². The summed E-state index contributed by atoms with van der Waals surface area (Å²) < 4.78 is 5.07. The van der Waals surface area contributed by atoms with Crippen molar-refractivity contribution in [1.82, 2.24) is 20.0 Å². The Morgan fingerprint density at radius 3 is 2.50 bits per heavy atom. The van der Waals surface area contributed by atoms with Crippen LogP contribution in [0.2, 0.25) is 0 Å². The minimum Gasteiger partial charge on any atom is -0.467 e. The third-order valence-corrected chi connectivity index (χ3v) is 2.75. The molecule has 0 unspecified atom stereocenters. The van der Waals surface area contributed by atoms with Crippen molar-refractivity contribution in [2.75, 3.05) is 37.5 Å². The van der Waals surface area contributed by atoms with E-state index in [1.807, 2.05) is 6.92 Å². The van der Waals surface area contributed by atoms with Crippen molar-refractivity contribution in [3.05, 3.63) is 0 Å². The minimum absolute atomic E-state index is 0.320. The Morgan fingerprint density at radius 2 is 1.83 bits per heavy atom. The van der Waals surface area contributed by atoms with Gasteiger partial charge in [-0.3, -0.25) is 5.43 Å². The molecule has 0 spiro atoms. The van der Waals surface area contributed by atoms with Crippen LogP contribution in [0.1, 0.15) is 26.2 Å². The lowest BCUT2D eigenvalue weighted by Crippen LogP contribution is -2.35. The van der Waals surface area contributed by atoms with E-state index in [9.17, 15) is 0 Å². The number of hydrogen-bond acceptors (Lipinski definition) is 7. The van der Waals surface area contributed by atoms with Crippen molar-refractivity contribution < 1.29 is 4.74 Å². The van der Waals surface area contributed by atoms with Crippen LogP contribution in [0.15, 0.2) is 0 Å². The first-order chi connectivity index (χ1) is 8.81. The molecular weight excluding hydrogens is 232 g/mol. The minimum atomic E-state index is 0.320. The average molecular weight is 252 g/mol. The van der Waals surface area contributed by atoms with Crippen molar-refractivity contribution in [3.8, 4) is 6.01 Å². The van der Waals surface area contributed by atoms with Gasteiger partial charge in [0.25, 0.3) is 0 Å². The summed E-state index contributed by atoms with van der Waals surface area (Å²) in [5.41, 5.74) is 3.21. The van der Waals surface area contributed by atoms with Crippen molar-refractivity contribution in [2.24, 2.45) is 0 Å². The number of piperidine rings is 1. The van der Waals surface area contributed by atoms with Gasteiger partial charge < -0.3 is 10.1 Å². The molecule has 100 valence electrons. The van der Waals surface area contributed by atoms with Crippen molar-refractivity contribution in [2.45, 2.75) is 26.2 Å². The lowest BCUT2D eigenvalue weighted by Gasteiger charge is -2.26. The number of aromatic nitrogens is 3. The molecule has 0 atom stereocenters. The van der Waals surface area contributed by atoms with Crippen LogP contribution in [0.25, 0.3) is 0 Å². The Bertz CT molecular complexity index is 380. The van der Waals surface area contributed by atoms with Gasteiger partial charge in [-0.15, -0.1) is 0 Å². The summed E-state index contributed by atoms with van der Waals surface area (Å²) in [6.45, 7) is 4.79. The van der Waals surface area contributed by atoms with Gasteiger partial charge in [0.2, 0.25) is 11.9 Å². The molecule has 0 saturated carbocycles. The summed E-state index contributed by atoms with van der Waals surface area (Å²) in [6, 6.07) is 0.320. The van der Waals surface area contributed by atoms with Crippen LogP contribution in [-0.4, -0.2) is 46.7 Å². The highest BCUT2D eigenvalue weighted by molar-refractivity contribution is 5.35. The van der Waals surface area contributed by atoms with E-state index in [-0.39, 0.29) is 0 Å². The first-order valence-corrected chi connectivity index (χ1v) is 6.37. The SMILES string of the molecule is CCNc1nc(NN2CCCCC2)nc(OC)n1. The standard InChI is InChI=1S/C11H20N6O/c1-3-12-9-13-10(15-11(14-9)18-2)16-17-7-5-4-6-8-17/h3-8H2,1-2H3,(H2,12,13,14,15,16). The summed E-state index contributed by atoms with van der Waals surface area (Å²) in [4.78, 5) is 12.6. The smallest absolute Gasteiger partial charge is 0.322 e. The van der Waals surface area contributed by atoms with Crippen LogP contribution >= 0.6 is 0 Å². The Balaban J connectivity index is 2.07. The monoisotopic (exact) mass is 252 g/mol. The molecule has 0 aromatic carbocycles. The molecule has 1 saturated heterocycles. The topological polar surface area (TPSA) is 75.2 Å². The number of nitrogens with zero attached hydrogens (tertiary/aromatic N) is 4. The normalized spacial score (nSPS) is 16.3.